The van der Waals surface area contributed by atoms with E-state index < -0.39 is 0 Å². The van der Waals surface area contributed by atoms with Crippen LogP contribution in [0.4, 0.5) is 4.79 Å². The Kier molecular flexibility index (Phi) is 6.69. The second-order valence-corrected chi connectivity index (χ2v) is 6.26. The zero-order valence-corrected chi connectivity index (χ0v) is 15.0. The van der Waals surface area contributed by atoms with E-state index in [-0.39, 0.29) is 17.8 Å². The highest BCUT2D eigenvalue weighted by Gasteiger charge is 2.12. The van der Waals surface area contributed by atoms with E-state index >= 15 is 0 Å². The molecule has 0 aromatic heterocycles. The van der Waals surface area contributed by atoms with E-state index in [0.717, 1.165) is 29.7 Å². The number of hydrogen-bond donors (Lipinski definition) is 2. The number of aryl methyl sites for hydroxylation is 1. The van der Waals surface area contributed by atoms with Gasteiger partial charge in [0, 0.05) is 19.6 Å². The van der Waals surface area contributed by atoms with Crippen molar-refractivity contribution >= 4 is 6.03 Å². The zero-order chi connectivity index (χ0) is 18.2. The number of phenols is 1. The summed E-state index contributed by atoms with van der Waals surface area (Å²) < 4.78 is 5.21. The fourth-order valence-electron chi connectivity index (χ4n) is 2.56. The van der Waals surface area contributed by atoms with Gasteiger partial charge in [0.1, 0.15) is 11.5 Å². The highest BCUT2D eigenvalue weighted by Crippen LogP contribution is 2.14. The third-order valence-electron chi connectivity index (χ3n) is 4.07. The number of nitrogens with one attached hydrogen (secondary N) is 1. The maximum atomic E-state index is 12.3. The van der Waals surface area contributed by atoms with E-state index in [4.69, 9.17) is 4.74 Å². The van der Waals surface area contributed by atoms with Crippen molar-refractivity contribution in [3.05, 3.63) is 59.7 Å². The van der Waals surface area contributed by atoms with Gasteiger partial charge in [0.25, 0.3) is 0 Å². The van der Waals surface area contributed by atoms with Crippen LogP contribution in [0.1, 0.15) is 24.5 Å². The van der Waals surface area contributed by atoms with Crippen LogP contribution in [0, 0.1) is 0 Å². The van der Waals surface area contributed by atoms with Crippen molar-refractivity contribution in [3.8, 4) is 11.5 Å². The second kappa shape index (κ2) is 8.97. The van der Waals surface area contributed by atoms with Crippen LogP contribution >= 0.6 is 0 Å². The Morgan fingerprint density at radius 1 is 1.20 bits per heavy atom. The summed E-state index contributed by atoms with van der Waals surface area (Å²) in [7, 11) is 3.41. The number of aromatic hydroxyl groups is 1. The van der Waals surface area contributed by atoms with Crippen molar-refractivity contribution in [1.82, 2.24) is 10.2 Å². The van der Waals surface area contributed by atoms with Gasteiger partial charge in [-0.25, -0.2) is 4.79 Å². The van der Waals surface area contributed by atoms with Crippen LogP contribution in [0.25, 0.3) is 0 Å². The summed E-state index contributed by atoms with van der Waals surface area (Å²) in [4.78, 5) is 14.0. The lowest BCUT2D eigenvalue weighted by Gasteiger charge is -2.21. The molecule has 0 aliphatic heterocycles. The molecule has 0 radical (unpaired) electrons. The molecular formula is C20H26N2O3. The summed E-state index contributed by atoms with van der Waals surface area (Å²) in [6.07, 6.45) is 1.69. The molecule has 0 heterocycles. The van der Waals surface area contributed by atoms with Crippen LogP contribution in [-0.2, 0) is 13.0 Å². The van der Waals surface area contributed by atoms with Crippen molar-refractivity contribution in [1.29, 1.82) is 0 Å². The molecule has 0 saturated carbocycles. The normalized spacial score (nSPS) is 11.6. The molecule has 2 aromatic carbocycles. The minimum Gasteiger partial charge on any atom is -0.508 e. The van der Waals surface area contributed by atoms with Gasteiger partial charge in [-0.1, -0.05) is 24.3 Å². The average molecular weight is 342 g/mol. The number of rotatable bonds is 7. The minimum absolute atomic E-state index is 0.0639. The van der Waals surface area contributed by atoms with Gasteiger partial charge in [-0.2, -0.15) is 0 Å². The van der Waals surface area contributed by atoms with Crippen molar-refractivity contribution in [2.45, 2.75) is 32.4 Å². The van der Waals surface area contributed by atoms with Crippen LogP contribution < -0.4 is 10.1 Å². The molecule has 25 heavy (non-hydrogen) atoms. The van der Waals surface area contributed by atoms with E-state index in [2.05, 4.69) is 5.32 Å². The summed E-state index contributed by atoms with van der Waals surface area (Å²) >= 11 is 0. The van der Waals surface area contributed by atoms with Crippen LogP contribution in [0.5, 0.6) is 11.5 Å². The molecule has 2 amide bonds. The van der Waals surface area contributed by atoms with Crippen LogP contribution in [0.2, 0.25) is 0 Å². The minimum atomic E-state index is -0.0963. The Hall–Kier alpha value is -2.69. The molecule has 134 valence electrons. The lowest BCUT2D eigenvalue weighted by atomic mass is 10.1. The number of methoxy groups -OCH3 is 1. The monoisotopic (exact) mass is 342 g/mol. The molecule has 1 unspecified atom stereocenters. The molecule has 1 atom stereocenters. The lowest BCUT2D eigenvalue weighted by Crippen LogP contribution is -2.41. The largest absolute Gasteiger partial charge is 0.508 e. The Morgan fingerprint density at radius 3 is 2.60 bits per heavy atom. The van der Waals surface area contributed by atoms with Crippen LogP contribution in [0.15, 0.2) is 48.5 Å². The van der Waals surface area contributed by atoms with Crippen molar-refractivity contribution in [3.63, 3.8) is 0 Å². The van der Waals surface area contributed by atoms with Gasteiger partial charge in [0.05, 0.1) is 7.11 Å². The second-order valence-electron chi connectivity index (χ2n) is 6.26. The van der Waals surface area contributed by atoms with Gasteiger partial charge >= 0.3 is 6.03 Å². The summed E-state index contributed by atoms with van der Waals surface area (Å²) in [5.41, 5.74) is 2.16. The Bertz CT molecular complexity index is 686. The fourth-order valence-corrected chi connectivity index (χ4v) is 2.56. The summed E-state index contributed by atoms with van der Waals surface area (Å²) in [6, 6.07) is 14.8. The van der Waals surface area contributed by atoms with Gasteiger partial charge in [-0.05, 0) is 55.2 Å². The third-order valence-corrected chi connectivity index (χ3v) is 4.07. The molecule has 2 N–H and O–H groups in total. The fraction of sp³-hybridized carbons (Fsp3) is 0.350. The van der Waals surface area contributed by atoms with Crippen molar-refractivity contribution < 1.29 is 14.6 Å². The number of nitrogens with zero attached hydrogens (tertiary/aromatic N) is 1. The molecule has 0 spiro atoms. The van der Waals surface area contributed by atoms with Crippen LogP contribution in [0.3, 0.4) is 0 Å². The predicted molar refractivity (Wildman–Crippen MR) is 98.9 cm³/mol. The standard InChI is InChI=1S/C20H26N2O3/c1-15(7-8-16-9-11-18(23)12-10-16)21-20(24)22(2)14-17-5-4-6-19(13-17)25-3/h4-6,9-13,15,23H,7-8,14H2,1-3H3,(H,21,24). The highest BCUT2D eigenvalue weighted by atomic mass is 16.5. The molecule has 5 heteroatoms. The quantitative estimate of drug-likeness (QED) is 0.809. The summed E-state index contributed by atoms with van der Waals surface area (Å²) in [5.74, 6) is 1.05. The molecule has 5 nitrogen and oxygen atoms in total. The number of ether oxygens (including phenoxy) is 1. The first-order chi connectivity index (χ1) is 12.0. The van der Waals surface area contributed by atoms with Gasteiger partial charge in [0.2, 0.25) is 0 Å². The maximum absolute atomic E-state index is 12.3. The molecule has 0 aliphatic rings. The zero-order valence-electron chi connectivity index (χ0n) is 15.0. The molecular weight excluding hydrogens is 316 g/mol. The number of phenolic OH excluding ortho intramolecular Hbond substituents is 1. The lowest BCUT2D eigenvalue weighted by molar-refractivity contribution is 0.203. The molecule has 2 aromatic rings. The van der Waals surface area contributed by atoms with Crippen molar-refractivity contribution in [2.24, 2.45) is 0 Å². The predicted octanol–water partition coefficient (Wildman–Crippen LogP) is 3.56. The summed E-state index contributed by atoms with van der Waals surface area (Å²) in [5, 5.41) is 12.3. The SMILES string of the molecule is COc1cccc(CN(C)C(=O)NC(C)CCc2ccc(O)cc2)c1. The maximum Gasteiger partial charge on any atom is 0.317 e. The average Bonchev–Trinajstić information content (AvgIpc) is 2.61. The molecule has 2 rings (SSSR count). The molecule has 0 saturated heterocycles. The highest BCUT2D eigenvalue weighted by molar-refractivity contribution is 5.74. The third kappa shape index (κ3) is 6.03. The number of hydrogen-bond acceptors (Lipinski definition) is 3. The molecule has 0 fully saturated rings. The van der Waals surface area contributed by atoms with Gasteiger partial charge in [-0.15, -0.1) is 0 Å². The number of benzene rings is 2. The number of carbonyl (C=O) groups is 1. The van der Waals surface area contributed by atoms with E-state index in [1.807, 2.05) is 43.3 Å². The first-order valence-corrected chi connectivity index (χ1v) is 8.40. The van der Waals surface area contributed by atoms with Crippen molar-refractivity contribution in [2.75, 3.05) is 14.2 Å². The number of amides is 2. The van der Waals surface area contributed by atoms with Gasteiger partial charge < -0.3 is 20.1 Å². The van der Waals surface area contributed by atoms with Crippen LogP contribution in [-0.4, -0.2) is 36.2 Å². The number of urea groups is 1. The Morgan fingerprint density at radius 2 is 1.92 bits per heavy atom. The van der Waals surface area contributed by atoms with Gasteiger partial charge in [0.15, 0.2) is 0 Å². The first kappa shape index (κ1) is 18.6. The Balaban J connectivity index is 1.80. The van der Waals surface area contributed by atoms with E-state index in [9.17, 15) is 9.90 Å². The smallest absolute Gasteiger partial charge is 0.317 e. The van der Waals surface area contributed by atoms with E-state index in [1.54, 1.807) is 31.2 Å². The molecule has 0 bridgehead atoms. The Labute approximate surface area is 149 Å². The molecule has 0 aliphatic carbocycles. The van der Waals surface area contributed by atoms with Gasteiger partial charge in [-0.3, -0.25) is 0 Å². The van der Waals surface area contributed by atoms with E-state index in [0.29, 0.717) is 6.54 Å². The topological polar surface area (TPSA) is 61.8 Å². The number of carbonyl (C=O) groups excluding carboxylic acids is 1. The first-order valence-electron chi connectivity index (χ1n) is 8.40. The van der Waals surface area contributed by atoms with E-state index in [1.165, 1.54) is 0 Å². The summed E-state index contributed by atoms with van der Waals surface area (Å²) in [6.45, 7) is 2.52.